The van der Waals surface area contributed by atoms with Gasteiger partial charge in [-0.2, -0.15) is 0 Å². The van der Waals surface area contributed by atoms with Gasteiger partial charge >= 0.3 is 0 Å². The summed E-state index contributed by atoms with van der Waals surface area (Å²) in [4.78, 5) is 27.3. The van der Waals surface area contributed by atoms with E-state index in [0.29, 0.717) is 53.4 Å². The molecule has 0 fully saturated rings. The summed E-state index contributed by atoms with van der Waals surface area (Å²) >= 11 is 6.66. The first-order valence-corrected chi connectivity index (χ1v) is 12.5. The van der Waals surface area contributed by atoms with Crippen molar-refractivity contribution in [1.82, 2.24) is 0 Å². The maximum atomic E-state index is 13.7. The van der Waals surface area contributed by atoms with E-state index in [1.165, 1.54) is 0 Å². The van der Waals surface area contributed by atoms with Gasteiger partial charge in [0.2, 0.25) is 0 Å². The summed E-state index contributed by atoms with van der Waals surface area (Å²) in [5.41, 5.74) is 4.28. The predicted octanol–water partition coefficient (Wildman–Crippen LogP) is 7.26. The molecule has 2 atom stereocenters. The Morgan fingerprint density at radius 1 is 0.600 bits per heavy atom. The van der Waals surface area contributed by atoms with Crippen LogP contribution in [0.5, 0.6) is 0 Å². The van der Waals surface area contributed by atoms with Crippen LogP contribution in [0, 0.1) is 0 Å². The van der Waals surface area contributed by atoms with Crippen molar-refractivity contribution in [1.29, 1.82) is 0 Å². The van der Waals surface area contributed by atoms with Crippen molar-refractivity contribution in [2.45, 2.75) is 43.4 Å². The molecule has 35 heavy (non-hydrogen) atoms. The minimum atomic E-state index is -0.476. The first-order chi connectivity index (χ1) is 17.1. The second-order valence-corrected chi connectivity index (χ2v) is 10.0. The Morgan fingerprint density at radius 3 is 1.54 bits per heavy atom. The number of hydrogen-bond donors (Lipinski definition) is 0. The molecule has 0 saturated carbocycles. The lowest BCUT2D eigenvalue weighted by Gasteiger charge is -2.39. The summed E-state index contributed by atoms with van der Waals surface area (Å²) in [5.74, 6) is 1.10. The molecule has 2 unspecified atom stereocenters. The highest BCUT2D eigenvalue weighted by molar-refractivity contribution is 6.31. The smallest absolute Gasteiger partial charge is 0.163 e. The van der Waals surface area contributed by atoms with Gasteiger partial charge in [-0.3, -0.25) is 9.59 Å². The van der Waals surface area contributed by atoms with E-state index in [2.05, 4.69) is 24.3 Å². The summed E-state index contributed by atoms with van der Waals surface area (Å²) in [7, 11) is 0. The average Bonchev–Trinajstić information content (AvgIpc) is 2.89. The number of allylic oxidation sites excluding steroid dienone is 4. The number of carbonyl (C=O) groups is 2. The zero-order chi connectivity index (χ0) is 23.9. The van der Waals surface area contributed by atoms with Crippen molar-refractivity contribution in [2.75, 3.05) is 0 Å². The van der Waals surface area contributed by atoms with E-state index < -0.39 is 5.92 Å². The van der Waals surface area contributed by atoms with Crippen molar-refractivity contribution in [2.24, 2.45) is 0 Å². The predicted molar refractivity (Wildman–Crippen MR) is 136 cm³/mol. The molecule has 0 N–H and O–H groups in total. The minimum Gasteiger partial charge on any atom is -0.465 e. The van der Waals surface area contributed by atoms with Crippen LogP contribution in [0.4, 0.5) is 0 Å². The van der Waals surface area contributed by atoms with Crippen LogP contribution in [-0.4, -0.2) is 11.6 Å². The fraction of sp³-hybridized carbons (Fsp3) is 0.226. The molecule has 3 aromatic carbocycles. The standard InChI is InChI=1S/C31H25ClO3/c32-24-14-8-7-13-23(24)29-30-25(33)15-21(19-9-3-1-4-10-19)17-27(30)35-28-18-22(16-26(34)31(28)29)20-11-5-2-6-12-20/h1-14,21-22,29H,15-18H2. The lowest BCUT2D eigenvalue weighted by atomic mass is 9.69. The number of rotatable bonds is 3. The molecule has 0 bridgehead atoms. The Kier molecular flexibility index (Phi) is 5.66. The molecule has 4 heteroatoms. The fourth-order valence-corrected chi connectivity index (χ4v) is 6.11. The normalized spacial score (nSPS) is 24.1. The second kappa shape index (κ2) is 8.98. The number of Topliss-reactive ketones (excluding diaryl/α,β-unsaturated/α-hetero) is 2. The van der Waals surface area contributed by atoms with E-state index in [1.54, 1.807) is 0 Å². The maximum Gasteiger partial charge on any atom is 0.163 e. The molecule has 3 aromatic rings. The first-order valence-electron chi connectivity index (χ1n) is 12.1. The highest BCUT2D eigenvalue weighted by Gasteiger charge is 2.45. The molecule has 0 spiro atoms. The van der Waals surface area contributed by atoms with Crippen molar-refractivity contribution in [3.05, 3.63) is 129 Å². The summed E-state index contributed by atoms with van der Waals surface area (Å²) in [5, 5.41) is 0.564. The average molecular weight is 481 g/mol. The summed E-state index contributed by atoms with van der Waals surface area (Å²) < 4.78 is 6.50. The molecule has 3 nitrogen and oxygen atoms in total. The second-order valence-electron chi connectivity index (χ2n) is 9.61. The third-order valence-corrected chi connectivity index (χ3v) is 7.85. The molecular formula is C31H25ClO3. The van der Waals surface area contributed by atoms with E-state index in [9.17, 15) is 9.59 Å². The Morgan fingerprint density at radius 2 is 1.06 bits per heavy atom. The van der Waals surface area contributed by atoms with Crippen LogP contribution in [0.15, 0.2) is 108 Å². The van der Waals surface area contributed by atoms with E-state index in [4.69, 9.17) is 16.3 Å². The van der Waals surface area contributed by atoms with Crippen LogP contribution < -0.4 is 0 Å². The van der Waals surface area contributed by atoms with Gasteiger partial charge in [0.05, 0.1) is 0 Å². The topological polar surface area (TPSA) is 43.4 Å². The number of halogens is 1. The van der Waals surface area contributed by atoms with E-state index in [0.717, 1.165) is 16.7 Å². The lowest BCUT2D eigenvalue weighted by molar-refractivity contribution is -0.118. The largest absolute Gasteiger partial charge is 0.465 e. The molecule has 1 aliphatic heterocycles. The van der Waals surface area contributed by atoms with Crippen molar-refractivity contribution in [3.8, 4) is 0 Å². The Labute approximate surface area is 210 Å². The molecule has 2 aliphatic carbocycles. The van der Waals surface area contributed by atoms with Crippen molar-refractivity contribution < 1.29 is 14.3 Å². The molecule has 3 aliphatic rings. The SMILES string of the molecule is O=C1CC(c2ccccc2)CC2=C1C(c1ccccc1Cl)C1=C(CC(c3ccccc3)CC1=O)O2. The highest BCUT2D eigenvalue weighted by Crippen LogP contribution is 2.52. The van der Waals surface area contributed by atoms with Gasteiger partial charge in [0.25, 0.3) is 0 Å². The van der Waals surface area contributed by atoms with Gasteiger partial charge in [-0.15, -0.1) is 0 Å². The minimum absolute atomic E-state index is 0.0366. The van der Waals surface area contributed by atoms with Crippen LogP contribution in [0.2, 0.25) is 5.02 Å². The van der Waals surface area contributed by atoms with E-state index in [-0.39, 0.29) is 23.4 Å². The van der Waals surface area contributed by atoms with Gasteiger partial charge in [0, 0.05) is 47.8 Å². The highest BCUT2D eigenvalue weighted by atomic mass is 35.5. The fourth-order valence-electron chi connectivity index (χ4n) is 5.86. The van der Waals surface area contributed by atoms with Gasteiger partial charge in [-0.05, 0) is 34.6 Å². The van der Waals surface area contributed by atoms with E-state index in [1.807, 2.05) is 60.7 Å². The monoisotopic (exact) mass is 480 g/mol. The molecule has 174 valence electrons. The summed E-state index contributed by atoms with van der Waals surface area (Å²) in [6.07, 6.45) is 2.06. The van der Waals surface area contributed by atoms with Crippen molar-refractivity contribution in [3.63, 3.8) is 0 Å². The van der Waals surface area contributed by atoms with Crippen LogP contribution >= 0.6 is 11.6 Å². The summed E-state index contributed by atoms with van der Waals surface area (Å²) in [6.45, 7) is 0. The van der Waals surface area contributed by atoms with Crippen LogP contribution in [0.3, 0.4) is 0 Å². The molecule has 6 rings (SSSR count). The van der Waals surface area contributed by atoms with Gasteiger partial charge in [-0.25, -0.2) is 0 Å². The first kappa shape index (κ1) is 22.1. The van der Waals surface area contributed by atoms with Gasteiger partial charge in [-0.1, -0.05) is 90.5 Å². The Hall–Kier alpha value is -3.43. The van der Waals surface area contributed by atoms with Gasteiger partial charge in [0.1, 0.15) is 11.5 Å². The zero-order valence-electron chi connectivity index (χ0n) is 19.2. The quantitative estimate of drug-likeness (QED) is 0.396. The molecule has 0 saturated heterocycles. The van der Waals surface area contributed by atoms with Crippen LogP contribution in [-0.2, 0) is 14.3 Å². The number of benzene rings is 3. The lowest BCUT2D eigenvalue weighted by Crippen LogP contribution is -2.33. The molecule has 0 aromatic heterocycles. The molecule has 0 radical (unpaired) electrons. The van der Waals surface area contributed by atoms with Crippen LogP contribution in [0.1, 0.15) is 60.1 Å². The van der Waals surface area contributed by atoms with Crippen LogP contribution in [0.25, 0.3) is 0 Å². The van der Waals surface area contributed by atoms with Gasteiger partial charge < -0.3 is 4.74 Å². The molecular weight excluding hydrogens is 456 g/mol. The zero-order valence-corrected chi connectivity index (χ0v) is 20.0. The Bertz CT molecular complexity index is 1290. The van der Waals surface area contributed by atoms with E-state index >= 15 is 0 Å². The number of carbonyl (C=O) groups excluding carboxylic acids is 2. The molecule has 1 heterocycles. The third-order valence-electron chi connectivity index (χ3n) is 7.51. The number of ketones is 2. The van der Waals surface area contributed by atoms with Crippen molar-refractivity contribution >= 4 is 23.2 Å². The number of hydrogen-bond acceptors (Lipinski definition) is 3. The maximum absolute atomic E-state index is 13.7. The summed E-state index contributed by atoms with van der Waals surface area (Å²) in [6, 6.07) is 27.8. The van der Waals surface area contributed by atoms with Gasteiger partial charge in [0.15, 0.2) is 11.6 Å². The Balaban J connectivity index is 1.46. The molecule has 0 amide bonds. The number of ether oxygens (including phenoxy) is 1. The third kappa shape index (κ3) is 3.94.